The van der Waals surface area contributed by atoms with Crippen LogP contribution in [0.1, 0.15) is 31.2 Å². The molecule has 0 saturated carbocycles. The summed E-state index contributed by atoms with van der Waals surface area (Å²) in [5.41, 5.74) is 0.593. The molecule has 0 spiro atoms. The highest BCUT2D eigenvalue weighted by molar-refractivity contribution is 6.35. The highest BCUT2D eigenvalue weighted by Crippen LogP contribution is 2.27. The Balaban J connectivity index is 1.31. The molecule has 1 aliphatic heterocycles. The molecule has 0 aliphatic carbocycles. The van der Waals surface area contributed by atoms with Crippen LogP contribution in [0, 0.1) is 11.7 Å². The summed E-state index contributed by atoms with van der Waals surface area (Å²) in [7, 11) is 0. The fourth-order valence-electron chi connectivity index (χ4n) is 3.71. The maximum absolute atomic E-state index is 13.6. The number of carbonyl (C=O) groups is 2. The maximum Gasteiger partial charge on any atom is 0.223 e. The van der Waals surface area contributed by atoms with Gasteiger partial charge in [0.1, 0.15) is 11.6 Å². The van der Waals surface area contributed by atoms with Crippen LogP contribution in [0.15, 0.2) is 42.5 Å². The topological polar surface area (TPSA) is 58.6 Å². The molecule has 3 rings (SSSR count). The Morgan fingerprint density at radius 3 is 2.59 bits per heavy atom. The van der Waals surface area contributed by atoms with Gasteiger partial charge in [-0.25, -0.2) is 4.39 Å². The lowest BCUT2D eigenvalue weighted by Crippen LogP contribution is -2.43. The molecule has 0 bridgehead atoms. The van der Waals surface area contributed by atoms with E-state index in [4.69, 9.17) is 27.9 Å². The first-order chi connectivity index (χ1) is 15.4. The Labute approximate surface area is 197 Å². The quantitative estimate of drug-likeness (QED) is 0.519. The molecular weight excluding hydrogens is 454 g/mol. The summed E-state index contributed by atoms with van der Waals surface area (Å²) in [6.07, 6.45) is 2.68. The molecular formula is C24H27Cl2FN2O3. The molecule has 1 saturated heterocycles. The van der Waals surface area contributed by atoms with Crippen molar-refractivity contribution >= 4 is 35.0 Å². The zero-order valence-electron chi connectivity index (χ0n) is 17.8. The lowest BCUT2D eigenvalue weighted by Gasteiger charge is -2.31. The van der Waals surface area contributed by atoms with E-state index in [1.165, 1.54) is 6.07 Å². The molecule has 2 aromatic rings. The Morgan fingerprint density at radius 2 is 1.88 bits per heavy atom. The van der Waals surface area contributed by atoms with Gasteiger partial charge in [-0.3, -0.25) is 9.59 Å². The molecule has 2 amide bonds. The number of piperidine rings is 1. The Morgan fingerprint density at radius 1 is 1.12 bits per heavy atom. The molecule has 8 heteroatoms. The SMILES string of the molecule is O=C(NCCc1ccccc1F)C1CCN(C(=O)CCCOc2ccc(Cl)cc2Cl)CC1. The number of likely N-dealkylation sites (tertiary alicyclic amines) is 1. The Bertz CT molecular complexity index is 933. The van der Waals surface area contributed by atoms with Gasteiger partial charge in [0.2, 0.25) is 11.8 Å². The molecule has 0 unspecified atom stereocenters. The van der Waals surface area contributed by atoms with E-state index >= 15 is 0 Å². The van der Waals surface area contributed by atoms with Gasteiger partial charge in [0.05, 0.1) is 11.6 Å². The minimum Gasteiger partial charge on any atom is -0.492 e. The van der Waals surface area contributed by atoms with Crippen LogP contribution in [0.25, 0.3) is 0 Å². The fraction of sp³-hybridized carbons (Fsp3) is 0.417. The van der Waals surface area contributed by atoms with Crippen molar-refractivity contribution in [3.05, 3.63) is 63.9 Å². The minimum absolute atomic E-state index is 0.0262. The third-order valence-corrected chi connectivity index (χ3v) is 6.09. The second-order valence-corrected chi connectivity index (χ2v) is 8.66. The average Bonchev–Trinajstić information content (AvgIpc) is 2.79. The number of benzene rings is 2. The summed E-state index contributed by atoms with van der Waals surface area (Å²) < 4.78 is 19.3. The smallest absolute Gasteiger partial charge is 0.223 e. The summed E-state index contributed by atoms with van der Waals surface area (Å²) in [5, 5.41) is 3.88. The zero-order chi connectivity index (χ0) is 22.9. The van der Waals surface area contributed by atoms with E-state index in [-0.39, 0.29) is 23.5 Å². The third-order valence-electron chi connectivity index (χ3n) is 5.56. The first-order valence-corrected chi connectivity index (χ1v) is 11.6. The number of hydrogen-bond donors (Lipinski definition) is 1. The molecule has 2 aromatic carbocycles. The van der Waals surface area contributed by atoms with Gasteiger partial charge in [-0.2, -0.15) is 0 Å². The van der Waals surface area contributed by atoms with Crippen LogP contribution in [0.4, 0.5) is 4.39 Å². The van der Waals surface area contributed by atoms with Gasteiger partial charge in [0, 0.05) is 37.0 Å². The van der Waals surface area contributed by atoms with Gasteiger partial charge in [-0.1, -0.05) is 41.4 Å². The summed E-state index contributed by atoms with van der Waals surface area (Å²) >= 11 is 11.9. The third kappa shape index (κ3) is 7.10. The van der Waals surface area contributed by atoms with Gasteiger partial charge in [0.25, 0.3) is 0 Å². The van der Waals surface area contributed by atoms with Crippen LogP contribution in [-0.4, -0.2) is 43.0 Å². The van der Waals surface area contributed by atoms with E-state index in [9.17, 15) is 14.0 Å². The van der Waals surface area contributed by atoms with Gasteiger partial charge in [-0.05, 0) is 55.5 Å². The summed E-state index contributed by atoms with van der Waals surface area (Å²) in [4.78, 5) is 26.7. The van der Waals surface area contributed by atoms with Crippen LogP contribution < -0.4 is 10.1 Å². The highest BCUT2D eigenvalue weighted by atomic mass is 35.5. The minimum atomic E-state index is -0.254. The molecule has 32 heavy (non-hydrogen) atoms. The van der Waals surface area contributed by atoms with Crippen molar-refractivity contribution in [2.45, 2.75) is 32.1 Å². The Hall–Kier alpha value is -2.31. The summed E-state index contributed by atoms with van der Waals surface area (Å²) in [6.45, 7) is 1.91. The molecule has 1 heterocycles. The van der Waals surface area contributed by atoms with Crippen molar-refractivity contribution in [3.8, 4) is 5.75 Å². The van der Waals surface area contributed by atoms with Crippen molar-refractivity contribution in [2.24, 2.45) is 5.92 Å². The first kappa shape index (κ1) is 24.3. The molecule has 1 N–H and O–H groups in total. The van der Waals surface area contributed by atoms with E-state index in [1.807, 2.05) is 0 Å². The van der Waals surface area contributed by atoms with Crippen molar-refractivity contribution in [3.63, 3.8) is 0 Å². The molecule has 5 nitrogen and oxygen atoms in total. The second-order valence-electron chi connectivity index (χ2n) is 7.81. The number of rotatable bonds is 9. The summed E-state index contributed by atoms with van der Waals surface area (Å²) in [5.74, 6) is 0.214. The molecule has 0 aromatic heterocycles. The number of halogens is 3. The lowest BCUT2D eigenvalue weighted by atomic mass is 9.95. The lowest BCUT2D eigenvalue weighted by molar-refractivity contribution is -0.135. The molecule has 0 radical (unpaired) electrons. The van der Waals surface area contributed by atoms with Crippen molar-refractivity contribution in [1.29, 1.82) is 0 Å². The fourth-order valence-corrected chi connectivity index (χ4v) is 4.18. The Kier molecular flexibility index (Phi) is 9.18. The van der Waals surface area contributed by atoms with Crippen LogP contribution in [0.2, 0.25) is 10.0 Å². The van der Waals surface area contributed by atoms with Crippen molar-refractivity contribution in [2.75, 3.05) is 26.2 Å². The predicted molar refractivity (Wildman–Crippen MR) is 124 cm³/mol. The van der Waals surface area contributed by atoms with Crippen LogP contribution in [-0.2, 0) is 16.0 Å². The van der Waals surface area contributed by atoms with Crippen LogP contribution in [0.3, 0.4) is 0 Å². The maximum atomic E-state index is 13.6. The van der Waals surface area contributed by atoms with Gasteiger partial charge in [0.15, 0.2) is 0 Å². The number of nitrogens with one attached hydrogen (secondary N) is 1. The monoisotopic (exact) mass is 480 g/mol. The van der Waals surface area contributed by atoms with Gasteiger partial charge >= 0.3 is 0 Å². The number of carbonyl (C=O) groups excluding carboxylic acids is 2. The standard InChI is InChI=1S/C24H27Cl2FN2O3/c25-19-7-8-22(20(26)16-19)32-15-3-6-23(30)29-13-10-18(11-14-29)24(31)28-12-9-17-4-1-2-5-21(17)27/h1-2,4-5,7-8,16,18H,3,6,9-15H2,(H,28,31). The van der Waals surface area contributed by atoms with Crippen molar-refractivity contribution < 1.29 is 18.7 Å². The zero-order valence-corrected chi connectivity index (χ0v) is 19.3. The number of amides is 2. The van der Waals surface area contributed by atoms with Gasteiger partial charge < -0.3 is 15.0 Å². The van der Waals surface area contributed by atoms with Crippen LogP contribution >= 0.6 is 23.2 Å². The van der Waals surface area contributed by atoms with Crippen LogP contribution in [0.5, 0.6) is 5.75 Å². The second kappa shape index (κ2) is 12.1. The van der Waals surface area contributed by atoms with E-state index in [2.05, 4.69) is 5.32 Å². The van der Waals surface area contributed by atoms with E-state index in [0.717, 1.165) is 0 Å². The van der Waals surface area contributed by atoms with Crippen molar-refractivity contribution in [1.82, 2.24) is 10.2 Å². The van der Waals surface area contributed by atoms with E-state index in [0.29, 0.717) is 79.7 Å². The van der Waals surface area contributed by atoms with E-state index < -0.39 is 0 Å². The van der Waals surface area contributed by atoms with E-state index in [1.54, 1.807) is 41.3 Å². The normalized spacial score (nSPS) is 14.3. The highest BCUT2D eigenvalue weighted by Gasteiger charge is 2.26. The number of hydrogen-bond acceptors (Lipinski definition) is 3. The number of nitrogens with zero attached hydrogens (tertiary/aromatic N) is 1. The summed E-state index contributed by atoms with van der Waals surface area (Å²) in [6, 6.07) is 11.6. The molecule has 172 valence electrons. The predicted octanol–water partition coefficient (Wildman–Crippen LogP) is 4.89. The first-order valence-electron chi connectivity index (χ1n) is 10.8. The van der Waals surface area contributed by atoms with Gasteiger partial charge in [-0.15, -0.1) is 0 Å². The molecule has 0 atom stereocenters. The average molecular weight is 481 g/mol. The number of ether oxygens (including phenoxy) is 1. The largest absolute Gasteiger partial charge is 0.492 e. The molecule has 1 aliphatic rings. The molecule has 1 fully saturated rings.